The molecule has 146 valence electrons. The smallest absolute Gasteiger partial charge is 0.235 e. The minimum Gasteiger partial charge on any atom is -0.340 e. The molecule has 0 spiro atoms. The maximum Gasteiger partial charge on any atom is 0.235 e. The summed E-state index contributed by atoms with van der Waals surface area (Å²) in [5.41, 5.74) is 1.34. The zero-order valence-corrected chi connectivity index (χ0v) is 16.8. The molecule has 1 saturated heterocycles. The number of hydrogen-bond donors (Lipinski definition) is 1. The molecule has 6 heteroatoms. The summed E-state index contributed by atoms with van der Waals surface area (Å²) in [5.74, 6) is 0.0139. The van der Waals surface area contributed by atoms with Gasteiger partial charge in [-0.2, -0.15) is 5.26 Å². The van der Waals surface area contributed by atoms with Gasteiger partial charge in [0.05, 0.1) is 19.0 Å². The highest BCUT2D eigenvalue weighted by Crippen LogP contribution is 2.15. The van der Waals surface area contributed by atoms with E-state index in [1.807, 2.05) is 54.8 Å². The number of nitrogens with one attached hydrogen (secondary N) is 1. The Balaban J connectivity index is 1.81. The normalized spacial score (nSPS) is 17.3. The number of hydrogen-bond acceptors (Lipinski definition) is 4. The van der Waals surface area contributed by atoms with Gasteiger partial charge in [-0.25, -0.2) is 0 Å². The molecule has 0 aliphatic carbocycles. The molecular formula is C21H30N4O2. The van der Waals surface area contributed by atoms with Gasteiger partial charge in [0.15, 0.2) is 0 Å². The molecule has 6 nitrogen and oxygen atoms in total. The Morgan fingerprint density at radius 1 is 1.22 bits per heavy atom. The third-order valence-corrected chi connectivity index (χ3v) is 5.48. The quantitative estimate of drug-likeness (QED) is 0.827. The van der Waals surface area contributed by atoms with E-state index in [0.717, 1.165) is 11.1 Å². The summed E-state index contributed by atoms with van der Waals surface area (Å²) in [6.45, 7) is 10.4. The SMILES string of the molecule is Cc1ccccc1CC(=O)N1CCN(CC(=O)NC(C)(C#N)C(C)C)CC1. The van der Waals surface area contributed by atoms with Gasteiger partial charge in [0.25, 0.3) is 0 Å². The minimum absolute atomic E-state index is 0.0300. The van der Waals surface area contributed by atoms with Crippen molar-refractivity contribution in [3.05, 3.63) is 35.4 Å². The van der Waals surface area contributed by atoms with E-state index >= 15 is 0 Å². The van der Waals surface area contributed by atoms with Gasteiger partial charge in [0.1, 0.15) is 5.54 Å². The topological polar surface area (TPSA) is 76.4 Å². The standard InChI is InChI=1S/C21H30N4O2/c1-16(2)21(4,15-22)23-19(26)14-24-9-11-25(12-10-24)20(27)13-18-8-6-5-7-17(18)3/h5-8,16H,9-14H2,1-4H3,(H,23,26). The second-order valence-corrected chi connectivity index (χ2v) is 7.78. The van der Waals surface area contributed by atoms with E-state index < -0.39 is 5.54 Å². The van der Waals surface area contributed by atoms with Gasteiger partial charge < -0.3 is 10.2 Å². The van der Waals surface area contributed by atoms with E-state index in [2.05, 4.69) is 11.4 Å². The van der Waals surface area contributed by atoms with Crippen LogP contribution < -0.4 is 5.32 Å². The number of benzene rings is 1. The molecule has 1 aliphatic heterocycles. The molecule has 1 aliphatic rings. The molecule has 0 aromatic heterocycles. The number of carbonyl (C=O) groups is 2. The summed E-state index contributed by atoms with van der Waals surface area (Å²) in [6, 6.07) is 10.1. The molecular weight excluding hydrogens is 340 g/mol. The predicted octanol–water partition coefficient (Wildman–Crippen LogP) is 1.74. The van der Waals surface area contributed by atoms with Crippen molar-refractivity contribution in [3.8, 4) is 6.07 Å². The monoisotopic (exact) mass is 370 g/mol. The van der Waals surface area contributed by atoms with E-state index in [-0.39, 0.29) is 24.3 Å². The zero-order valence-electron chi connectivity index (χ0n) is 16.8. The van der Waals surface area contributed by atoms with Gasteiger partial charge >= 0.3 is 0 Å². The second kappa shape index (κ2) is 9.01. The lowest BCUT2D eigenvalue weighted by Gasteiger charge is -2.35. The highest BCUT2D eigenvalue weighted by molar-refractivity contribution is 5.80. The highest BCUT2D eigenvalue weighted by atomic mass is 16.2. The van der Waals surface area contributed by atoms with E-state index in [0.29, 0.717) is 32.6 Å². The number of rotatable bonds is 6. The maximum atomic E-state index is 12.5. The first kappa shape index (κ1) is 20.9. The molecule has 0 bridgehead atoms. The van der Waals surface area contributed by atoms with Crippen LogP contribution in [0.25, 0.3) is 0 Å². The minimum atomic E-state index is -0.859. The maximum absolute atomic E-state index is 12.5. The largest absolute Gasteiger partial charge is 0.340 e. The molecule has 0 radical (unpaired) electrons. The Morgan fingerprint density at radius 2 is 1.85 bits per heavy atom. The van der Waals surface area contributed by atoms with Crippen molar-refractivity contribution < 1.29 is 9.59 Å². The Kier molecular flexibility index (Phi) is 6.98. The first-order chi connectivity index (χ1) is 12.7. The fraction of sp³-hybridized carbons (Fsp3) is 0.571. The average molecular weight is 370 g/mol. The summed E-state index contributed by atoms with van der Waals surface area (Å²) < 4.78 is 0. The van der Waals surface area contributed by atoms with Crippen molar-refractivity contribution in [1.82, 2.24) is 15.1 Å². The van der Waals surface area contributed by atoms with Crippen LogP contribution in [0.3, 0.4) is 0 Å². The summed E-state index contributed by atoms with van der Waals surface area (Å²) >= 11 is 0. The van der Waals surface area contributed by atoms with Crippen LogP contribution in [-0.2, 0) is 16.0 Å². The van der Waals surface area contributed by atoms with Crippen LogP contribution in [-0.4, -0.2) is 59.9 Å². The van der Waals surface area contributed by atoms with Gasteiger partial charge in [0.2, 0.25) is 11.8 Å². The fourth-order valence-corrected chi connectivity index (χ4v) is 3.07. The molecule has 2 amide bonds. The average Bonchev–Trinajstić information content (AvgIpc) is 2.63. The van der Waals surface area contributed by atoms with Crippen molar-refractivity contribution in [2.75, 3.05) is 32.7 Å². The molecule has 2 rings (SSSR count). The Bertz CT molecular complexity index is 717. The molecule has 1 aromatic rings. The van der Waals surface area contributed by atoms with Crippen LogP contribution in [0.2, 0.25) is 0 Å². The lowest BCUT2D eigenvalue weighted by atomic mass is 9.90. The number of carbonyl (C=O) groups excluding carboxylic acids is 2. The third kappa shape index (κ3) is 5.54. The molecule has 27 heavy (non-hydrogen) atoms. The van der Waals surface area contributed by atoms with Crippen molar-refractivity contribution in [3.63, 3.8) is 0 Å². The van der Waals surface area contributed by atoms with Crippen LogP contribution in [0.4, 0.5) is 0 Å². The van der Waals surface area contributed by atoms with Crippen molar-refractivity contribution >= 4 is 11.8 Å². The number of piperazine rings is 1. The Labute approximate surface area is 162 Å². The van der Waals surface area contributed by atoms with Crippen LogP contribution in [0.15, 0.2) is 24.3 Å². The first-order valence-corrected chi connectivity index (χ1v) is 9.52. The zero-order chi connectivity index (χ0) is 20.0. The molecule has 1 aromatic carbocycles. The highest BCUT2D eigenvalue weighted by Gasteiger charge is 2.31. The lowest BCUT2D eigenvalue weighted by Crippen LogP contribution is -2.55. The molecule has 1 fully saturated rings. The molecule has 0 saturated carbocycles. The summed E-state index contributed by atoms with van der Waals surface area (Å²) in [5, 5.41) is 12.2. The van der Waals surface area contributed by atoms with Gasteiger partial charge in [-0.1, -0.05) is 38.1 Å². The third-order valence-electron chi connectivity index (χ3n) is 5.48. The summed E-state index contributed by atoms with van der Waals surface area (Å²) in [6.07, 6.45) is 0.419. The van der Waals surface area contributed by atoms with E-state index in [1.165, 1.54) is 0 Å². The fourth-order valence-electron chi connectivity index (χ4n) is 3.07. The van der Waals surface area contributed by atoms with Crippen molar-refractivity contribution in [2.45, 2.75) is 39.7 Å². The first-order valence-electron chi connectivity index (χ1n) is 9.52. The summed E-state index contributed by atoms with van der Waals surface area (Å²) in [7, 11) is 0. The Hall–Kier alpha value is -2.39. The summed E-state index contributed by atoms with van der Waals surface area (Å²) in [4.78, 5) is 28.7. The van der Waals surface area contributed by atoms with E-state index in [4.69, 9.17) is 0 Å². The van der Waals surface area contributed by atoms with Gasteiger partial charge in [-0.05, 0) is 30.9 Å². The number of aryl methyl sites for hydroxylation is 1. The second-order valence-electron chi connectivity index (χ2n) is 7.78. The van der Waals surface area contributed by atoms with Crippen LogP contribution >= 0.6 is 0 Å². The molecule has 1 N–H and O–H groups in total. The van der Waals surface area contributed by atoms with E-state index in [9.17, 15) is 14.9 Å². The van der Waals surface area contributed by atoms with Gasteiger partial charge in [0, 0.05) is 26.2 Å². The van der Waals surface area contributed by atoms with Gasteiger partial charge in [-0.3, -0.25) is 14.5 Å². The van der Waals surface area contributed by atoms with Crippen LogP contribution in [0.5, 0.6) is 0 Å². The van der Waals surface area contributed by atoms with Crippen LogP contribution in [0, 0.1) is 24.2 Å². The van der Waals surface area contributed by atoms with Crippen LogP contribution in [0.1, 0.15) is 31.9 Å². The molecule has 1 unspecified atom stereocenters. The van der Waals surface area contributed by atoms with E-state index in [1.54, 1.807) is 6.92 Å². The lowest BCUT2D eigenvalue weighted by molar-refractivity contribution is -0.132. The number of amides is 2. The number of nitrogens with zero attached hydrogens (tertiary/aromatic N) is 3. The molecule has 1 heterocycles. The van der Waals surface area contributed by atoms with Crippen molar-refractivity contribution in [1.29, 1.82) is 5.26 Å². The predicted molar refractivity (Wildman–Crippen MR) is 105 cm³/mol. The Morgan fingerprint density at radius 3 is 2.41 bits per heavy atom. The molecule has 1 atom stereocenters. The van der Waals surface area contributed by atoms with Gasteiger partial charge in [-0.15, -0.1) is 0 Å². The van der Waals surface area contributed by atoms with Crippen molar-refractivity contribution in [2.24, 2.45) is 5.92 Å². The number of nitriles is 1.